The first kappa shape index (κ1) is 13.2. The molecule has 0 radical (unpaired) electrons. The number of oxazole rings is 1. The smallest absolute Gasteiger partial charge is 0.226 e. The van der Waals surface area contributed by atoms with Gasteiger partial charge in [-0.2, -0.15) is 0 Å². The fourth-order valence-electron chi connectivity index (χ4n) is 1.80. The molecule has 4 heteroatoms. The maximum Gasteiger partial charge on any atom is 0.226 e. The number of ether oxygens (including phenoxy) is 1. The monoisotopic (exact) mass is 377 g/mol. The Labute approximate surface area is 130 Å². The quantitative estimate of drug-likeness (QED) is 0.627. The molecule has 20 heavy (non-hydrogen) atoms. The number of hydrogen-bond acceptors (Lipinski definition) is 3. The first-order chi connectivity index (χ1) is 9.81. The topological polar surface area (TPSA) is 35.3 Å². The van der Waals surface area contributed by atoms with Crippen molar-refractivity contribution < 1.29 is 9.15 Å². The van der Waals surface area contributed by atoms with Crippen LogP contribution in [-0.2, 0) is 6.61 Å². The van der Waals surface area contributed by atoms with E-state index in [9.17, 15) is 0 Å². The van der Waals surface area contributed by atoms with E-state index in [1.54, 1.807) is 6.26 Å². The highest BCUT2D eigenvalue weighted by Crippen LogP contribution is 2.20. The van der Waals surface area contributed by atoms with Crippen molar-refractivity contribution in [3.05, 3.63) is 70.1 Å². The van der Waals surface area contributed by atoms with E-state index in [4.69, 9.17) is 9.15 Å². The average molecular weight is 377 g/mol. The SMILES string of the molecule is Ic1cccc(OCc2coc(-c3ccccc3)n2)c1. The molecule has 3 nitrogen and oxygen atoms in total. The molecule has 100 valence electrons. The van der Waals surface area contributed by atoms with Crippen molar-refractivity contribution in [1.82, 2.24) is 4.98 Å². The lowest BCUT2D eigenvalue weighted by Crippen LogP contribution is -1.95. The molecular formula is C16H12INO2. The predicted molar refractivity (Wildman–Crippen MR) is 85.4 cm³/mol. The number of rotatable bonds is 4. The Morgan fingerprint density at radius 3 is 2.70 bits per heavy atom. The van der Waals surface area contributed by atoms with Crippen molar-refractivity contribution in [2.24, 2.45) is 0 Å². The van der Waals surface area contributed by atoms with Gasteiger partial charge in [0, 0.05) is 9.13 Å². The van der Waals surface area contributed by atoms with Gasteiger partial charge in [0.05, 0.1) is 0 Å². The standard InChI is InChI=1S/C16H12INO2/c17-13-7-4-8-15(9-13)19-10-14-11-20-16(18-14)12-5-2-1-3-6-12/h1-9,11H,10H2. The summed E-state index contributed by atoms with van der Waals surface area (Å²) < 4.78 is 12.3. The number of aromatic nitrogens is 1. The van der Waals surface area contributed by atoms with Crippen LogP contribution in [-0.4, -0.2) is 4.98 Å². The van der Waals surface area contributed by atoms with E-state index in [1.807, 2.05) is 54.6 Å². The number of nitrogens with zero attached hydrogens (tertiary/aromatic N) is 1. The van der Waals surface area contributed by atoms with Gasteiger partial charge in [0.15, 0.2) is 0 Å². The fourth-order valence-corrected chi connectivity index (χ4v) is 2.32. The minimum absolute atomic E-state index is 0.399. The van der Waals surface area contributed by atoms with Gasteiger partial charge >= 0.3 is 0 Å². The molecule has 0 fully saturated rings. The summed E-state index contributed by atoms with van der Waals surface area (Å²) in [5, 5.41) is 0. The molecule has 3 aromatic rings. The molecule has 0 saturated carbocycles. The summed E-state index contributed by atoms with van der Waals surface area (Å²) in [6, 6.07) is 17.7. The fraction of sp³-hybridized carbons (Fsp3) is 0.0625. The molecule has 3 rings (SSSR count). The van der Waals surface area contributed by atoms with Gasteiger partial charge in [0.25, 0.3) is 0 Å². The van der Waals surface area contributed by atoms with Crippen molar-refractivity contribution in [1.29, 1.82) is 0 Å². The molecule has 0 unspecified atom stereocenters. The van der Waals surface area contributed by atoms with E-state index in [0.29, 0.717) is 12.5 Å². The summed E-state index contributed by atoms with van der Waals surface area (Å²) >= 11 is 2.26. The maximum atomic E-state index is 5.69. The molecule has 0 aliphatic rings. The van der Waals surface area contributed by atoms with Crippen LogP contribution < -0.4 is 4.74 Å². The summed E-state index contributed by atoms with van der Waals surface area (Å²) in [4.78, 5) is 4.42. The Balaban J connectivity index is 1.69. The molecule has 2 aromatic carbocycles. The first-order valence-electron chi connectivity index (χ1n) is 6.19. The number of hydrogen-bond donors (Lipinski definition) is 0. The molecule has 0 spiro atoms. The highest BCUT2D eigenvalue weighted by atomic mass is 127. The van der Waals surface area contributed by atoms with E-state index < -0.39 is 0 Å². The average Bonchev–Trinajstić information content (AvgIpc) is 2.95. The number of benzene rings is 2. The van der Waals surface area contributed by atoms with Crippen LogP contribution in [0.3, 0.4) is 0 Å². The van der Waals surface area contributed by atoms with Crippen molar-refractivity contribution in [2.45, 2.75) is 6.61 Å². The Morgan fingerprint density at radius 2 is 1.90 bits per heavy atom. The van der Waals surface area contributed by atoms with Crippen LogP contribution in [0, 0.1) is 3.57 Å². The van der Waals surface area contributed by atoms with Gasteiger partial charge in [-0.1, -0.05) is 24.3 Å². The van der Waals surface area contributed by atoms with Crippen LogP contribution in [0.15, 0.2) is 65.3 Å². The normalized spacial score (nSPS) is 10.4. The molecular weight excluding hydrogens is 365 g/mol. The second-order valence-corrected chi connectivity index (χ2v) is 5.50. The third kappa shape index (κ3) is 3.19. The summed E-state index contributed by atoms with van der Waals surface area (Å²) in [5.41, 5.74) is 1.75. The second-order valence-electron chi connectivity index (χ2n) is 4.26. The lowest BCUT2D eigenvalue weighted by molar-refractivity contribution is 0.301. The molecule has 0 amide bonds. The molecule has 0 aliphatic carbocycles. The zero-order valence-corrected chi connectivity index (χ0v) is 12.8. The summed E-state index contributed by atoms with van der Waals surface area (Å²) in [6.07, 6.45) is 1.64. The van der Waals surface area contributed by atoms with E-state index in [2.05, 4.69) is 27.6 Å². The third-order valence-corrected chi connectivity index (χ3v) is 3.43. The predicted octanol–water partition coefficient (Wildman–Crippen LogP) is 4.53. The van der Waals surface area contributed by atoms with Crippen molar-refractivity contribution in [3.63, 3.8) is 0 Å². The van der Waals surface area contributed by atoms with Crippen LogP contribution in [0.25, 0.3) is 11.5 Å². The Morgan fingerprint density at radius 1 is 1.05 bits per heavy atom. The molecule has 1 heterocycles. The molecule has 0 N–H and O–H groups in total. The maximum absolute atomic E-state index is 5.69. The Hall–Kier alpha value is -1.82. The highest BCUT2D eigenvalue weighted by molar-refractivity contribution is 14.1. The highest BCUT2D eigenvalue weighted by Gasteiger charge is 2.06. The Bertz CT molecular complexity index is 694. The first-order valence-corrected chi connectivity index (χ1v) is 7.27. The molecule has 0 aliphatic heterocycles. The summed E-state index contributed by atoms with van der Waals surface area (Å²) in [5.74, 6) is 1.45. The van der Waals surface area contributed by atoms with Crippen LogP contribution in [0.2, 0.25) is 0 Å². The molecule has 0 atom stereocenters. The molecule has 0 bridgehead atoms. The second kappa shape index (κ2) is 6.09. The van der Waals surface area contributed by atoms with Gasteiger partial charge in [-0.05, 0) is 52.9 Å². The molecule has 1 aromatic heterocycles. The van der Waals surface area contributed by atoms with Crippen molar-refractivity contribution >= 4 is 22.6 Å². The molecule has 0 saturated heterocycles. The van der Waals surface area contributed by atoms with Crippen molar-refractivity contribution in [3.8, 4) is 17.2 Å². The zero-order valence-electron chi connectivity index (χ0n) is 10.6. The lowest BCUT2D eigenvalue weighted by Gasteiger charge is -2.03. The van der Waals surface area contributed by atoms with E-state index in [1.165, 1.54) is 0 Å². The van der Waals surface area contributed by atoms with Gasteiger partial charge in [-0.3, -0.25) is 0 Å². The van der Waals surface area contributed by atoms with Gasteiger partial charge in [0.1, 0.15) is 24.3 Å². The van der Waals surface area contributed by atoms with Crippen LogP contribution in [0.1, 0.15) is 5.69 Å². The number of halogens is 1. The minimum Gasteiger partial charge on any atom is -0.487 e. The largest absolute Gasteiger partial charge is 0.487 e. The van der Waals surface area contributed by atoms with Gasteiger partial charge in [0.2, 0.25) is 5.89 Å². The summed E-state index contributed by atoms with van der Waals surface area (Å²) in [6.45, 7) is 0.399. The van der Waals surface area contributed by atoms with Crippen LogP contribution in [0.5, 0.6) is 5.75 Å². The van der Waals surface area contributed by atoms with Crippen LogP contribution in [0.4, 0.5) is 0 Å². The van der Waals surface area contributed by atoms with E-state index in [0.717, 1.165) is 20.6 Å². The van der Waals surface area contributed by atoms with E-state index >= 15 is 0 Å². The van der Waals surface area contributed by atoms with Crippen LogP contribution >= 0.6 is 22.6 Å². The Kier molecular flexibility index (Phi) is 4.01. The van der Waals surface area contributed by atoms with Crippen molar-refractivity contribution in [2.75, 3.05) is 0 Å². The minimum atomic E-state index is 0.399. The van der Waals surface area contributed by atoms with E-state index in [-0.39, 0.29) is 0 Å². The van der Waals surface area contributed by atoms with Gasteiger partial charge in [-0.25, -0.2) is 4.98 Å². The van der Waals surface area contributed by atoms with Gasteiger partial charge < -0.3 is 9.15 Å². The zero-order chi connectivity index (χ0) is 13.8. The lowest BCUT2D eigenvalue weighted by atomic mass is 10.2. The third-order valence-electron chi connectivity index (χ3n) is 2.76. The van der Waals surface area contributed by atoms with Gasteiger partial charge in [-0.15, -0.1) is 0 Å². The summed E-state index contributed by atoms with van der Waals surface area (Å²) in [7, 11) is 0.